The number of ketones is 1. The summed E-state index contributed by atoms with van der Waals surface area (Å²) in [6, 6.07) is 15.5. The van der Waals surface area contributed by atoms with Crippen LogP contribution < -0.4 is 0 Å². The Morgan fingerprint density at radius 1 is 1.07 bits per heavy atom. The van der Waals surface area contributed by atoms with Gasteiger partial charge in [-0.15, -0.1) is 0 Å². The van der Waals surface area contributed by atoms with Gasteiger partial charge in [0.15, 0.2) is 0 Å². The zero-order valence-electron chi connectivity index (χ0n) is 16.0. The van der Waals surface area contributed by atoms with Crippen molar-refractivity contribution in [2.75, 3.05) is 6.61 Å². The van der Waals surface area contributed by atoms with Crippen LogP contribution in [0.1, 0.15) is 29.2 Å². The first-order valence-corrected chi connectivity index (χ1v) is 9.60. The Kier molecular flexibility index (Phi) is 5.72. The lowest BCUT2D eigenvalue weighted by atomic mass is 9.93. The second-order valence-electron chi connectivity index (χ2n) is 7.10. The number of hydrogen-bond donors (Lipinski definition) is 1. The molecule has 6 nitrogen and oxygen atoms in total. The minimum Gasteiger partial charge on any atom is -0.396 e. The topological polar surface area (TPSA) is 80.9 Å². The number of carbonyl (C=O) groups excluding carboxylic acids is 1. The number of nitrogens with zero attached hydrogens (tertiary/aromatic N) is 4. The van der Waals surface area contributed by atoms with Gasteiger partial charge in [-0.2, -0.15) is 5.10 Å². The highest BCUT2D eigenvalue weighted by atomic mass is 16.3. The van der Waals surface area contributed by atoms with E-state index in [0.29, 0.717) is 13.0 Å². The van der Waals surface area contributed by atoms with Crippen molar-refractivity contribution in [3.63, 3.8) is 0 Å². The highest BCUT2D eigenvalue weighted by Crippen LogP contribution is 2.21. The molecule has 0 aliphatic heterocycles. The van der Waals surface area contributed by atoms with E-state index < -0.39 is 0 Å². The minimum absolute atomic E-state index is 0.0516. The van der Waals surface area contributed by atoms with E-state index in [9.17, 15) is 9.90 Å². The van der Waals surface area contributed by atoms with Gasteiger partial charge in [0.2, 0.25) is 0 Å². The van der Waals surface area contributed by atoms with Crippen LogP contribution in [-0.2, 0) is 17.8 Å². The fourth-order valence-corrected chi connectivity index (χ4v) is 3.47. The largest absolute Gasteiger partial charge is 0.396 e. The Bertz CT molecular complexity index is 1090. The molecular formula is C23H22N4O2. The summed E-state index contributed by atoms with van der Waals surface area (Å²) in [7, 11) is 0. The normalized spacial score (nSPS) is 12.2. The van der Waals surface area contributed by atoms with Crippen molar-refractivity contribution in [2.24, 2.45) is 0 Å². The van der Waals surface area contributed by atoms with Crippen LogP contribution >= 0.6 is 0 Å². The molecule has 0 amide bonds. The highest BCUT2D eigenvalue weighted by Gasteiger charge is 2.16. The first kappa shape index (κ1) is 19.0. The van der Waals surface area contributed by atoms with Crippen LogP contribution in [0.2, 0.25) is 0 Å². The molecule has 0 fully saturated rings. The average molecular weight is 386 g/mol. The Balaban J connectivity index is 1.45. The molecule has 146 valence electrons. The van der Waals surface area contributed by atoms with Crippen molar-refractivity contribution in [3.8, 4) is 0 Å². The van der Waals surface area contributed by atoms with E-state index in [4.69, 9.17) is 0 Å². The average Bonchev–Trinajstić information content (AvgIpc) is 3.15. The molecule has 0 aliphatic rings. The van der Waals surface area contributed by atoms with Gasteiger partial charge in [-0.3, -0.25) is 19.4 Å². The third-order valence-electron chi connectivity index (χ3n) is 5.01. The maximum Gasteiger partial charge on any atom is 0.139 e. The number of rotatable bonds is 8. The van der Waals surface area contributed by atoms with Gasteiger partial charge in [-0.25, -0.2) is 0 Å². The summed E-state index contributed by atoms with van der Waals surface area (Å²) >= 11 is 0. The van der Waals surface area contributed by atoms with Crippen LogP contribution in [0.25, 0.3) is 10.9 Å². The number of aliphatic hydroxyl groups is 1. The van der Waals surface area contributed by atoms with Gasteiger partial charge < -0.3 is 5.11 Å². The first-order valence-electron chi connectivity index (χ1n) is 9.60. The fourth-order valence-electron chi connectivity index (χ4n) is 3.47. The lowest BCUT2D eigenvalue weighted by molar-refractivity contribution is -0.119. The Hall–Kier alpha value is -3.38. The molecule has 29 heavy (non-hydrogen) atoms. The smallest absolute Gasteiger partial charge is 0.139 e. The van der Waals surface area contributed by atoms with E-state index in [-0.39, 0.29) is 24.7 Å². The number of pyridine rings is 2. The van der Waals surface area contributed by atoms with Gasteiger partial charge in [0.25, 0.3) is 0 Å². The SMILES string of the molecule is O=C(Cc1cc2cnn(Cc3ccncc3)c2cn1)C[C@H](CO)c1ccccc1. The molecular weight excluding hydrogens is 364 g/mol. The molecule has 0 saturated carbocycles. The number of hydrogen-bond acceptors (Lipinski definition) is 5. The number of benzene rings is 1. The molecule has 0 aliphatic carbocycles. The van der Waals surface area contributed by atoms with Crippen LogP contribution in [0, 0.1) is 0 Å². The molecule has 0 unspecified atom stereocenters. The number of aliphatic hydroxyl groups excluding tert-OH is 1. The van der Waals surface area contributed by atoms with Crippen molar-refractivity contribution < 1.29 is 9.90 Å². The van der Waals surface area contributed by atoms with E-state index >= 15 is 0 Å². The van der Waals surface area contributed by atoms with Crippen molar-refractivity contribution >= 4 is 16.7 Å². The molecule has 0 spiro atoms. The number of aromatic nitrogens is 4. The monoisotopic (exact) mass is 386 g/mol. The summed E-state index contributed by atoms with van der Waals surface area (Å²) in [5.74, 6) is -0.125. The van der Waals surface area contributed by atoms with Crippen molar-refractivity contribution in [3.05, 3.63) is 90.1 Å². The molecule has 1 N–H and O–H groups in total. The predicted molar refractivity (Wildman–Crippen MR) is 110 cm³/mol. The van der Waals surface area contributed by atoms with Crippen LogP contribution in [-0.4, -0.2) is 37.2 Å². The van der Waals surface area contributed by atoms with Crippen LogP contribution in [0.4, 0.5) is 0 Å². The summed E-state index contributed by atoms with van der Waals surface area (Å²) in [5, 5.41) is 15.1. The number of carbonyl (C=O) groups is 1. The zero-order valence-corrected chi connectivity index (χ0v) is 16.0. The van der Waals surface area contributed by atoms with Gasteiger partial charge in [0.1, 0.15) is 5.78 Å². The summed E-state index contributed by atoms with van der Waals surface area (Å²) in [5.41, 5.74) is 3.73. The van der Waals surface area contributed by atoms with Gasteiger partial charge in [0.05, 0.1) is 31.1 Å². The maximum absolute atomic E-state index is 12.6. The maximum atomic E-state index is 12.6. The molecule has 1 aromatic carbocycles. The second kappa shape index (κ2) is 8.75. The number of fused-ring (bicyclic) bond motifs is 1. The van der Waals surface area contributed by atoms with E-state index in [1.165, 1.54) is 0 Å². The molecule has 0 bridgehead atoms. The highest BCUT2D eigenvalue weighted by molar-refractivity contribution is 5.83. The number of Topliss-reactive ketones (excluding diaryl/α,β-unsaturated/α-hetero) is 1. The van der Waals surface area contributed by atoms with Crippen molar-refractivity contribution in [2.45, 2.75) is 25.3 Å². The fraction of sp³-hybridized carbons (Fsp3) is 0.217. The van der Waals surface area contributed by atoms with Gasteiger partial charge >= 0.3 is 0 Å². The third-order valence-corrected chi connectivity index (χ3v) is 5.01. The minimum atomic E-state index is -0.185. The molecule has 0 saturated heterocycles. The van der Waals surface area contributed by atoms with E-state index in [2.05, 4.69) is 15.1 Å². The molecule has 3 heterocycles. The summed E-state index contributed by atoms with van der Waals surface area (Å²) in [6.45, 7) is 0.589. The first-order chi connectivity index (χ1) is 14.2. The summed E-state index contributed by atoms with van der Waals surface area (Å²) in [6.07, 6.45) is 7.63. The molecule has 3 aromatic heterocycles. The van der Waals surface area contributed by atoms with E-state index in [1.807, 2.05) is 53.2 Å². The Morgan fingerprint density at radius 2 is 1.86 bits per heavy atom. The molecule has 4 rings (SSSR count). The Labute approximate surface area is 168 Å². The predicted octanol–water partition coefficient (Wildman–Crippen LogP) is 3.15. The quantitative estimate of drug-likeness (QED) is 0.503. The molecule has 1 atom stereocenters. The summed E-state index contributed by atoms with van der Waals surface area (Å²) < 4.78 is 1.89. The van der Waals surface area contributed by atoms with Gasteiger partial charge in [0, 0.05) is 42.2 Å². The standard InChI is InChI=1S/C23H22N4O2/c28-16-20(18-4-2-1-3-5-18)11-22(29)12-21-10-19-13-26-27(23(19)14-25-21)15-17-6-8-24-9-7-17/h1-10,13-14,20,28H,11-12,15-16H2/t20-/m1/s1. The van der Waals surface area contributed by atoms with E-state index in [1.54, 1.807) is 24.8 Å². The van der Waals surface area contributed by atoms with E-state index in [0.717, 1.165) is 27.7 Å². The lowest BCUT2D eigenvalue weighted by Gasteiger charge is -2.13. The molecule has 6 heteroatoms. The lowest BCUT2D eigenvalue weighted by Crippen LogP contribution is -2.13. The van der Waals surface area contributed by atoms with Crippen LogP contribution in [0.15, 0.2) is 73.3 Å². The van der Waals surface area contributed by atoms with Crippen LogP contribution in [0.5, 0.6) is 0 Å². The molecule has 4 aromatic rings. The van der Waals surface area contributed by atoms with Gasteiger partial charge in [-0.05, 0) is 29.3 Å². The third kappa shape index (κ3) is 4.55. The van der Waals surface area contributed by atoms with Crippen molar-refractivity contribution in [1.82, 2.24) is 19.7 Å². The molecule has 0 radical (unpaired) electrons. The zero-order chi connectivity index (χ0) is 20.1. The van der Waals surface area contributed by atoms with Crippen molar-refractivity contribution in [1.29, 1.82) is 0 Å². The van der Waals surface area contributed by atoms with Crippen LogP contribution in [0.3, 0.4) is 0 Å². The second-order valence-corrected chi connectivity index (χ2v) is 7.10. The van der Waals surface area contributed by atoms with Gasteiger partial charge in [-0.1, -0.05) is 30.3 Å². The summed E-state index contributed by atoms with van der Waals surface area (Å²) in [4.78, 5) is 21.1. The Morgan fingerprint density at radius 3 is 2.62 bits per heavy atom.